The largest absolute Gasteiger partial charge is 0.492 e. The molecular formula is C21H25F6N5O6P2S. The molecule has 2 heterocycles. The highest BCUT2D eigenvalue weighted by molar-refractivity contribution is 7.99. The number of ether oxygens (including phenoxy) is 2. The Morgan fingerprint density at radius 2 is 1.63 bits per heavy atom. The molecule has 0 aliphatic carbocycles. The van der Waals surface area contributed by atoms with Crippen molar-refractivity contribution < 1.29 is 54.7 Å². The second-order valence-corrected chi connectivity index (χ2v) is 14.7. The van der Waals surface area contributed by atoms with Crippen molar-refractivity contribution in [2.24, 2.45) is 0 Å². The summed E-state index contributed by atoms with van der Waals surface area (Å²) in [6.07, 6.45) is -13.7. The van der Waals surface area contributed by atoms with Crippen molar-refractivity contribution in [2.75, 3.05) is 31.3 Å². The smallest absolute Gasteiger partial charge is 0.398 e. The summed E-state index contributed by atoms with van der Waals surface area (Å²) in [6.45, 7) is 1.15. The fourth-order valence-electron chi connectivity index (χ4n) is 3.58. The predicted molar refractivity (Wildman–Crippen MR) is 137 cm³/mol. The maximum Gasteiger partial charge on any atom is 0.398 e. The lowest BCUT2D eigenvalue weighted by atomic mass is 10.3. The van der Waals surface area contributed by atoms with Crippen LogP contribution in [0.3, 0.4) is 0 Å². The van der Waals surface area contributed by atoms with Crippen molar-refractivity contribution >= 4 is 43.6 Å². The number of rotatable bonds is 13. The van der Waals surface area contributed by atoms with Crippen molar-refractivity contribution in [3.05, 3.63) is 30.6 Å². The van der Waals surface area contributed by atoms with Crippen LogP contribution in [0.25, 0.3) is 11.2 Å². The molecule has 0 saturated heterocycles. The predicted octanol–water partition coefficient (Wildman–Crippen LogP) is 5.31. The van der Waals surface area contributed by atoms with Gasteiger partial charge < -0.3 is 29.6 Å². The van der Waals surface area contributed by atoms with Gasteiger partial charge in [0.05, 0.1) is 24.4 Å². The molecule has 3 rings (SSSR count). The van der Waals surface area contributed by atoms with Crippen molar-refractivity contribution in [1.82, 2.24) is 19.5 Å². The van der Waals surface area contributed by atoms with Crippen LogP contribution in [0, 0.1) is 0 Å². The number of fused-ring (bicyclic) bond motifs is 1. The van der Waals surface area contributed by atoms with E-state index in [-0.39, 0.29) is 17.1 Å². The van der Waals surface area contributed by atoms with Gasteiger partial charge in [-0.15, -0.1) is 0 Å². The molecule has 2 unspecified atom stereocenters. The second kappa shape index (κ2) is 12.9. The van der Waals surface area contributed by atoms with E-state index >= 15 is 0 Å². The monoisotopic (exact) mass is 651 g/mol. The van der Waals surface area contributed by atoms with Crippen LogP contribution in [0.5, 0.6) is 5.75 Å². The van der Waals surface area contributed by atoms with Crippen LogP contribution in [0.4, 0.5) is 32.3 Å². The molecule has 0 bridgehead atoms. The maximum absolute atomic E-state index is 12.8. The van der Waals surface area contributed by atoms with E-state index in [0.29, 0.717) is 22.3 Å². The number of hydrogen-bond donors (Lipinski definition) is 3. The van der Waals surface area contributed by atoms with E-state index in [1.165, 1.54) is 10.9 Å². The molecule has 0 aliphatic heterocycles. The van der Waals surface area contributed by atoms with E-state index in [2.05, 4.69) is 15.0 Å². The minimum atomic E-state index is -5.80. The van der Waals surface area contributed by atoms with Crippen LogP contribution in [0.15, 0.2) is 40.5 Å². The lowest BCUT2D eigenvalue weighted by Crippen LogP contribution is -2.27. The molecule has 2 atom stereocenters. The normalized spacial score (nSPS) is 16.3. The van der Waals surface area contributed by atoms with Crippen LogP contribution in [0.1, 0.15) is 13.3 Å². The minimum absolute atomic E-state index is 0.0945. The number of hydrogen-bond acceptors (Lipinski definition) is 9. The van der Waals surface area contributed by atoms with Crippen LogP contribution in [0.2, 0.25) is 0 Å². The molecule has 0 fully saturated rings. The Labute approximate surface area is 233 Å². The van der Waals surface area contributed by atoms with Crippen LogP contribution in [-0.2, 0) is 20.4 Å². The van der Waals surface area contributed by atoms with Crippen molar-refractivity contribution in [2.45, 2.75) is 47.7 Å². The molecule has 1 aromatic carbocycles. The summed E-state index contributed by atoms with van der Waals surface area (Å²) in [5.74, 6) is 0.380. The summed E-state index contributed by atoms with van der Waals surface area (Å²) in [7, 11) is -11.6. The average molecular weight is 651 g/mol. The Balaban J connectivity index is 1.86. The van der Waals surface area contributed by atoms with Gasteiger partial charge in [-0.1, -0.05) is 30.8 Å². The summed E-state index contributed by atoms with van der Waals surface area (Å²) < 4.78 is 114. The highest BCUT2D eigenvalue weighted by Crippen LogP contribution is 2.67. The molecule has 0 aliphatic rings. The third kappa shape index (κ3) is 9.32. The van der Waals surface area contributed by atoms with Crippen LogP contribution < -0.4 is 10.5 Å². The van der Waals surface area contributed by atoms with Gasteiger partial charge in [0.15, 0.2) is 5.65 Å². The highest BCUT2D eigenvalue weighted by atomic mass is 32.2. The molecule has 2 aromatic heterocycles. The number of nitrogen functional groups attached to an aromatic ring is 1. The van der Waals surface area contributed by atoms with Crippen molar-refractivity contribution in [3.63, 3.8) is 0 Å². The zero-order chi connectivity index (χ0) is 30.6. The maximum atomic E-state index is 12.8. The van der Waals surface area contributed by atoms with Gasteiger partial charge in [0.1, 0.15) is 28.6 Å². The lowest BCUT2D eigenvalue weighted by Gasteiger charge is -2.28. The van der Waals surface area contributed by atoms with Gasteiger partial charge in [0.25, 0.3) is 0 Å². The average Bonchev–Trinajstić information content (AvgIpc) is 3.20. The number of nitrogens with zero attached hydrogens (tertiary/aromatic N) is 4. The highest BCUT2D eigenvalue weighted by Gasteiger charge is 2.54. The zero-order valence-corrected chi connectivity index (χ0v) is 23.8. The number of para-hydroxylation sites is 1. The Morgan fingerprint density at radius 3 is 2.22 bits per heavy atom. The number of anilines is 1. The molecule has 11 nitrogen and oxygen atoms in total. The molecule has 20 heteroatoms. The molecule has 4 N–H and O–H groups in total. The molecule has 0 amide bonds. The number of nitrogens with two attached hydrogens (primary N) is 1. The van der Waals surface area contributed by atoms with Crippen LogP contribution >= 0.6 is 26.5 Å². The lowest BCUT2D eigenvalue weighted by molar-refractivity contribution is -0.108. The molecule has 41 heavy (non-hydrogen) atoms. The quantitative estimate of drug-likeness (QED) is 0.125. The van der Waals surface area contributed by atoms with E-state index in [0.717, 1.165) is 18.2 Å². The Kier molecular flexibility index (Phi) is 10.4. The Morgan fingerprint density at radius 1 is 1.02 bits per heavy atom. The molecule has 228 valence electrons. The first-order chi connectivity index (χ1) is 18.9. The zero-order valence-electron chi connectivity index (χ0n) is 21.2. The van der Waals surface area contributed by atoms with Crippen molar-refractivity contribution in [1.29, 1.82) is 0 Å². The minimum Gasteiger partial charge on any atom is -0.492 e. The first-order valence-electron chi connectivity index (χ1n) is 11.7. The summed E-state index contributed by atoms with van der Waals surface area (Å²) in [4.78, 5) is 32.9. The van der Waals surface area contributed by atoms with Crippen LogP contribution in [-0.4, -0.2) is 72.8 Å². The van der Waals surface area contributed by atoms with E-state index in [1.807, 2.05) is 6.92 Å². The van der Waals surface area contributed by atoms with E-state index < -0.39 is 58.2 Å². The van der Waals surface area contributed by atoms with Gasteiger partial charge >= 0.3 is 12.4 Å². The number of imidazole rings is 1. The first kappa shape index (κ1) is 33.1. The summed E-state index contributed by atoms with van der Waals surface area (Å²) in [5.41, 5.74) is 3.02. The van der Waals surface area contributed by atoms with E-state index in [4.69, 9.17) is 15.2 Å². The molecule has 0 radical (unpaired) electrons. The van der Waals surface area contributed by atoms with Gasteiger partial charge in [0, 0.05) is 6.54 Å². The number of benzene rings is 1. The van der Waals surface area contributed by atoms with E-state index in [9.17, 15) is 45.3 Å². The second-order valence-electron chi connectivity index (χ2n) is 8.65. The SMILES string of the molecule is CCCOc1ccccc1Sc1nc(N)nc2c1ncn2CCOC(P(=O)(O)CC(F)(F)F)P(=O)(O)CC(F)(F)F. The number of halogens is 6. The standard InChI is InChI=1S/C21H25F6N5O6P2S/c1-2-8-37-13-5-3-4-6-14(13)41-17-15-16(30-18(28)31-17)32(12-29-15)7-9-38-19(39(33,34)10-20(22,23)24)40(35,36)11-21(25,26)27/h3-6,12,19H,2,7-11H2,1H3,(H,33,34)(H,35,36)(H2,28,30,31). The third-order valence-corrected chi connectivity index (χ3v) is 11.6. The fraction of sp³-hybridized carbons (Fsp3) is 0.476. The van der Waals surface area contributed by atoms with Gasteiger partial charge in [-0.2, -0.15) is 31.3 Å². The van der Waals surface area contributed by atoms with Gasteiger partial charge in [-0.05, 0) is 18.6 Å². The first-order valence-corrected chi connectivity index (χ1v) is 16.3. The number of aromatic nitrogens is 4. The third-order valence-electron chi connectivity index (χ3n) is 5.07. The summed E-state index contributed by atoms with van der Waals surface area (Å²) in [5, 5.41) is 0.299. The summed E-state index contributed by atoms with van der Waals surface area (Å²) >= 11 is 1.15. The van der Waals surface area contributed by atoms with Crippen molar-refractivity contribution in [3.8, 4) is 5.75 Å². The van der Waals surface area contributed by atoms with Gasteiger partial charge in [0.2, 0.25) is 26.3 Å². The summed E-state index contributed by atoms with van der Waals surface area (Å²) in [6, 6.07) is 7.07. The molecule has 3 aromatic rings. The molecule has 0 saturated carbocycles. The number of alkyl halides is 6. The fourth-order valence-corrected chi connectivity index (χ4v) is 9.30. The topological polar surface area (TPSA) is 163 Å². The van der Waals surface area contributed by atoms with Gasteiger partial charge in [-0.25, -0.2) is 9.97 Å². The molecule has 0 spiro atoms. The van der Waals surface area contributed by atoms with E-state index in [1.54, 1.807) is 24.3 Å². The Bertz CT molecular complexity index is 1420. The Hall–Kier alpha value is -2.36. The molecular weight excluding hydrogens is 626 g/mol. The van der Waals surface area contributed by atoms with Gasteiger partial charge in [-0.3, -0.25) is 9.13 Å².